The van der Waals surface area contributed by atoms with Crippen molar-refractivity contribution >= 4 is 16.8 Å². The van der Waals surface area contributed by atoms with E-state index in [4.69, 9.17) is 0 Å². The van der Waals surface area contributed by atoms with Crippen LogP contribution in [0.2, 0.25) is 0 Å². The van der Waals surface area contributed by atoms with Gasteiger partial charge in [-0.15, -0.1) is 0 Å². The van der Waals surface area contributed by atoms with E-state index >= 15 is 0 Å². The summed E-state index contributed by atoms with van der Waals surface area (Å²) in [6.45, 7) is 0.557. The molecule has 7 nitrogen and oxygen atoms in total. The molecule has 2 aromatic carbocycles. The van der Waals surface area contributed by atoms with Crippen LogP contribution in [0.25, 0.3) is 16.6 Å². The van der Waals surface area contributed by atoms with Crippen LogP contribution in [0, 0.1) is 0 Å². The Hall–Kier alpha value is -3.74. The molecule has 0 radical (unpaired) electrons. The first-order chi connectivity index (χ1) is 14.2. The molecular weight excluding hydrogens is 366 g/mol. The Bertz CT molecular complexity index is 1160. The third-order valence-corrected chi connectivity index (χ3v) is 4.69. The number of aromatic nitrogens is 4. The van der Waals surface area contributed by atoms with Gasteiger partial charge < -0.3 is 10.3 Å². The first-order valence-electron chi connectivity index (χ1n) is 9.53. The highest BCUT2D eigenvalue weighted by atomic mass is 16.1. The molecule has 0 aliphatic carbocycles. The van der Waals surface area contributed by atoms with Crippen molar-refractivity contribution in [3.05, 3.63) is 88.7 Å². The second-order valence-corrected chi connectivity index (χ2v) is 6.75. The van der Waals surface area contributed by atoms with Crippen molar-refractivity contribution in [1.82, 2.24) is 25.1 Å². The Morgan fingerprint density at radius 2 is 1.86 bits per heavy atom. The zero-order chi connectivity index (χ0) is 20.1. The number of hydrogen-bond acceptors (Lipinski definition) is 4. The molecule has 0 saturated carbocycles. The van der Waals surface area contributed by atoms with Gasteiger partial charge in [0.05, 0.1) is 16.6 Å². The zero-order valence-corrected chi connectivity index (χ0v) is 15.8. The first kappa shape index (κ1) is 18.6. The van der Waals surface area contributed by atoms with Crippen LogP contribution < -0.4 is 10.9 Å². The van der Waals surface area contributed by atoms with Gasteiger partial charge in [0.25, 0.3) is 5.56 Å². The van der Waals surface area contributed by atoms with Crippen LogP contribution in [-0.4, -0.2) is 32.2 Å². The van der Waals surface area contributed by atoms with Crippen LogP contribution in [0.5, 0.6) is 0 Å². The van der Waals surface area contributed by atoms with E-state index in [1.54, 1.807) is 29.1 Å². The monoisotopic (exact) mass is 387 g/mol. The van der Waals surface area contributed by atoms with Crippen LogP contribution in [0.15, 0.2) is 71.8 Å². The quantitative estimate of drug-likeness (QED) is 0.509. The smallest absolute Gasteiger partial charge is 0.258 e. The highest BCUT2D eigenvalue weighted by molar-refractivity contribution is 5.78. The Kier molecular flexibility index (Phi) is 5.47. The second kappa shape index (κ2) is 8.52. The summed E-state index contributed by atoms with van der Waals surface area (Å²) in [7, 11) is 0. The molecule has 0 bridgehead atoms. The van der Waals surface area contributed by atoms with Crippen LogP contribution in [0.3, 0.4) is 0 Å². The minimum absolute atomic E-state index is 0.0611. The summed E-state index contributed by atoms with van der Waals surface area (Å²) in [6.07, 6.45) is 5.06. The molecule has 4 aromatic rings. The molecule has 0 aliphatic rings. The number of nitrogens with one attached hydrogen (secondary N) is 2. The minimum Gasteiger partial charge on any atom is -0.356 e. The van der Waals surface area contributed by atoms with E-state index in [2.05, 4.69) is 20.4 Å². The maximum Gasteiger partial charge on any atom is 0.258 e. The predicted octanol–water partition coefficient (Wildman–Crippen LogP) is 2.40. The lowest BCUT2D eigenvalue weighted by molar-refractivity contribution is -0.121. The number of aryl methyl sites for hydroxylation is 1. The van der Waals surface area contributed by atoms with Crippen LogP contribution in [-0.2, 0) is 17.6 Å². The van der Waals surface area contributed by atoms with Crippen molar-refractivity contribution in [2.24, 2.45) is 0 Å². The van der Waals surface area contributed by atoms with Gasteiger partial charge in [-0.1, -0.05) is 24.3 Å². The fraction of sp³-hybridized carbons (Fsp3) is 0.182. The molecular formula is C22H21N5O2. The van der Waals surface area contributed by atoms with E-state index < -0.39 is 0 Å². The van der Waals surface area contributed by atoms with E-state index in [0.717, 1.165) is 17.7 Å². The Morgan fingerprint density at radius 3 is 2.66 bits per heavy atom. The van der Waals surface area contributed by atoms with Crippen LogP contribution >= 0.6 is 0 Å². The van der Waals surface area contributed by atoms with Crippen molar-refractivity contribution < 1.29 is 4.79 Å². The molecule has 29 heavy (non-hydrogen) atoms. The summed E-state index contributed by atoms with van der Waals surface area (Å²) >= 11 is 0. The molecule has 1 amide bonds. The third kappa shape index (κ3) is 4.57. The zero-order valence-electron chi connectivity index (χ0n) is 15.8. The molecule has 0 aliphatic heterocycles. The number of benzene rings is 2. The molecule has 2 N–H and O–H groups in total. The summed E-state index contributed by atoms with van der Waals surface area (Å²) in [6, 6.07) is 17.1. The van der Waals surface area contributed by atoms with Gasteiger partial charge in [-0.25, -0.2) is 9.67 Å². The Morgan fingerprint density at radius 1 is 1.03 bits per heavy atom. The summed E-state index contributed by atoms with van der Waals surface area (Å²) in [4.78, 5) is 31.4. The Labute approximate surface area is 167 Å². The molecule has 0 saturated heterocycles. The van der Waals surface area contributed by atoms with E-state index in [0.29, 0.717) is 29.7 Å². The number of carbonyl (C=O) groups excluding carboxylic acids is 1. The lowest BCUT2D eigenvalue weighted by Crippen LogP contribution is -2.26. The van der Waals surface area contributed by atoms with Crippen LogP contribution in [0.1, 0.15) is 17.8 Å². The number of rotatable bonds is 7. The number of fused-ring (bicyclic) bond motifs is 1. The van der Waals surface area contributed by atoms with Gasteiger partial charge in [-0.05, 0) is 42.3 Å². The fourth-order valence-corrected chi connectivity index (χ4v) is 3.16. The van der Waals surface area contributed by atoms with Gasteiger partial charge in [0.2, 0.25) is 5.91 Å². The topological polar surface area (TPSA) is 92.7 Å². The molecule has 2 heterocycles. The SMILES string of the molecule is O=C(CCc1nc2ccccc2c(=O)[nH]1)NCCc1ccc(-n2cccn2)cc1. The number of carbonyl (C=O) groups is 1. The third-order valence-electron chi connectivity index (χ3n) is 4.69. The van der Waals surface area contributed by atoms with E-state index in [1.165, 1.54) is 0 Å². The molecule has 2 aromatic heterocycles. The average Bonchev–Trinajstić information content (AvgIpc) is 3.28. The van der Waals surface area contributed by atoms with Crippen molar-refractivity contribution in [2.75, 3.05) is 6.54 Å². The number of nitrogens with zero attached hydrogens (tertiary/aromatic N) is 3. The van der Waals surface area contributed by atoms with E-state index in [9.17, 15) is 9.59 Å². The maximum absolute atomic E-state index is 12.1. The maximum atomic E-state index is 12.1. The highest BCUT2D eigenvalue weighted by Gasteiger charge is 2.07. The minimum atomic E-state index is -0.176. The molecule has 7 heteroatoms. The molecule has 0 spiro atoms. The normalized spacial score (nSPS) is 10.9. The Balaban J connectivity index is 1.26. The van der Waals surface area contributed by atoms with Gasteiger partial charge in [-0.2, -0.15) is 5.10 Å². The fourth-order valence-electron chi connectivity index (χ4n) is 3.16. The summed E-state index contributed by atoms with van der Waals surface area (Å²) in [5, 5.41) is 7.68. The molecule has 0 fully saturated rings. The lowest BCUT2D eigenvalue weighted by Gasteiger charge is -2.07. The highest BCUT2D eigenvalue weighted by Crippen LogP contribution is 2.09. The second-order valence-electron chi connectivity index (χ2n) is 6.75. The van der Waals surface area contributed by atoms with Gasteiger partial charge in [0.1, 0.15) is 5.82 Å². The number of aromatic amines is 1. The van der Waals surface area contributed by atoms with Gasteiger partial charge in [-0.3, -0.25) is 9.59 Å². The summed E-state index contributed by atoms with van der Waals surface area (Å²) < 4.78 is 1.80. The number of H-pyrrole nitrogens is 1. The molecule has 0 unspecified atom stereocenters. The number of amides is 1. The van der Waals surface area contributed by atoms with Crippen molar-refractivity contribution in [3.8, 4) is 5.69 Å². The summed E-state index contributed by atoms with van der Waals surface area (Å²) in [5.41, 5.74) is 2.61. The standard InChI is InChI=1S/C22H21N5O2/c28-21(11-10-20-25-19-5-2-1-4-18(19)22(29)26-20)23-14-12-16-6-8-17(9-7-16)27-15-3-13-24-27/h1-9,13,15H,10-12,14H2,(H,23,28)(H,25,26,29). The average molecular weight is 387 g/mol. The molecule has 0 atom stereocenters. The molecule has 4 rings (SSSR count). The summed E-state index contributed by atoms with van der Waals surface area (Å²) in [5.74, 6) is 0.465. The number of hydrogen-bond donors (Lipinski definition) is 2. The first-order valence-corrected chi connectivity index (χ1v) is 9.53. The largest absolute Gasteiger partial charge is 0.356 e. The van der Waals surface area contributed by atoms with Crippen molar-refractivity contribution in [1.29, 1.82) is 0 Å². The van der Waals surface area contributed by atoms with Crippen LogP contribution in [0.4, 0.5) is 0 Å². The van der Waals surface area contributed by atoms with Gasteiger partial charge >= 0.3 is 0 Å². The van der Waals surface area contributed by atoms with Gasteiger partial charge in [0.15, 0.2) is 0 Å². The van der Waals surface area contributed by atoms with E-state index in [-0.39, 0.29) is 17.9 Å². The van der Waals surface area contributed by atoms with Crippen molar-refractivity contribution in [2.45, 2.75) is 19.3 Å². The van der Waals surface area contributed by atoms with Gasteiger partial charge in [0, 0.05) is 31.8 Å². The predicted molar refractivity (Wildman–Crippen MR) is 111 cm³/mol. The number of para-hydroxylation sites is 1. The lowest BCUT2D eigenvalue weighted by atomic mass is 10.1. The molecule has 146 valence electrons. The van der Waals surface area contributed by atoms with E-state index in [1.807, 2.05) is 42.6 Å². The van der Waals surface area contributed by atoms with Crippen molar-refractivity contribution in [3.63, 3.8) is 0 Å².